The molecule has 0 aliphatic heterocycles. The van der Waals surface area contributed by atoms with Crippen molar-refractivity contribution in [3.63, 3.8) is 0 Å². The highest BCUT2D eigenvalue weighted by Gasteiger charge is 2.20. The molecule has 1 aromatic rings. The Morgan fingerprint density at radius 3 is 2.65 bits per heavy atom. The summed E-state index contributed by atoms with van der Waals surface area (Å²) >= 11 is 5.70. The highest BCUT2D eigenvalue weighted by molar-refractivity contribution is 6.32. The molecule has 0 aliphatic carbocycles. The van der Waals surface area contributed by atoms with Crippen molar-refractivity contribution in [1.82, 2.24) is 5.32 Å². The number of nitrogens with zero attached hydrogens (tertiary/aromatic N) is 1. The summed E-state index contributed by atoms with van der Waals surface area (Å²) in [6.45, 7) is 3.81. The Bertz CT molecular complexity index is 505. The average molecular weight is 301 g/mol. The van der Waals surface area contributed by atoms with Crippen LogP contribution in [0.1, 0.15) is 30.6 Å². The highest BCUT2D eigenvalue weighted by atomic mass is 35.5. The lowest BCUT2D eigenvalue weighted by atomic mass is 10.0. The molecule has 0 bridgehead atoms. The molecule has 110 valence electrons. The van der Waals surface area contributed by atoms with E-state index in [1.54, 1.807) is 0 Å². The lowest BCUT2D eigenvalue weighted by molar-refractivity contribution is -0.384. The van der Waals surface area contributed by atoms with Gasteiger partial charge in [-0.15, -0.1) is 0 Å². The van der Waals surface area contributed by atoms with Crippen molar-refractivity contribution >= 4 is 23.2 Å². The molecular weight excluding hydrogens is 284 g/mol. The lowest BCUT2D eigenvalue weighted by Gasteiger charge is -2.21. The summed E-state index contributed by atoms with van der Waals surface area (Å²) in [6.07, 6.45) is 0.430. The first-order valence-corrected chi connectivity index (χ1v) is 6.60. The van der Waals surface area contributed by atoms with Crippen molar-refractivity contribution < 1.29 is 14.8 Å². The molecule has 0 saturated heterocycles. The van der Waals surface area contributed by atoms with E-state index in [-0.39, 0.29) is 34.8 Å². The molecule has 0 radical (unpaired) electrons. The maximum Gasteiger partial charge on any atom is 0.288 e. The third kappa shape index (κ3) is 4.18. The summed E-state index contributed by atoms with van der Waals surface area (Å²) in [5, 5.41) is 22.5. The van der Waals surface area contributed by atoms with Crippen LogP contribution in [0.4, 0.5) is 5.69 Å². The lowest BCUT2D eigenvalue weighted by Crippen LogP contribution is -2.39. The summed E-state index contributed by atoms with van der Waals surface area (Å²) in [5.74, 6) is -0.273. The van der Waals surface area contributed by atoms with Crippen molar-refractivity contribution in [3.8, 4) is 0 Å². The second-order valence-corrected chi connectivity index (χ2v) is 5.17. The Kier molecular flexibility index (Phi) is 5.91. The maximum absolute atomic E-state index is 12.1. The number of nitro groups is 1. The van der Waals surface area contributed by atoms with E-state index in [0.29, 0.717) is 6.42 Å². The molecule has 0 aromatic heterocycles. The minimum Gasteiger partial charge on any atom is -0.396 e. The predicted molar refractivity (Wildman–Crippen MR) is 75.9 cm³/mol. The van der Waals surface area contributed by atoms with E-state index < -0.39 is 10.8 Å². The van der Waals surface area contributed by atoms with Gasteiger partial charge in [-0.3, -0.25) is 14.9 Å². The molecule has 0 aliphatic rings. The van der Waals surface area contributed by atoms with Crippen LogP contribution in [0.5, 0.6) is 0 Å². The maximum atomic E-state index is 12.1. The van der Waals surface area contributed by atoms with Gasteiger partial charge in [-0.2, -0.15) is 0 Å². The standard InChI is InChI=1S/C13H17ClN2O4/c1-8(2)11(5-6-17)15-13(18)9-3-4-10(14)12(7-9)16(19)20/h3-4,7-8,11,17H,5-6H2,1-2H3,(H,15,18). The number of halogens is 1. The zero-order valence-electron chi connectivity index (χ0n) is 11.3. The molecular formula is C13H17ClN2O4. The molecule has 0 heterocycles. The number of hydrogen-bond acceptors (Lipinski definition) is 4. The number of aliphatic hydroxyl groups is 1. The number of carbonyl (C=O) groups is 1. The van der Waals surface area contributed by atoms with E-state index in [2.05, 4.69) is 5.32 Å². The fraction of sp³-hybridized carbons (Fsp3) is 0.462. The molecule has 1 atom stereocenters. The average Bonchev–Trinajstić information content (AvgIpc) is 2.38. The van der Waals surface area contributed by atoms with Crippen molar-refractivity contribution in [2.24, 2.45) is 5.92 Å². The van der Waals surface area contributed by atoms with Crippen molar-refractivity contribution in [1.29, 1.82) is 0 Å². The third-order valence-electron chi connectivity index (χ3n) is 2.97. The van der Waals surface area contributed by atoms with Crippen LogP contribution >= 0.6 is 11.6 Å². The molecule has 1 rings (SSSR count). The highest BCUT2D eigenvalue weighted by Crippen LogP contribution is 2.25. The van der Waals surface area contributed by atoms with Crippen LogP contribution < -0.4 is 5.32 Å². The third-order valence-corrected chi connectivity index (χ3v) is 3.29. The summed E-state index contributed by atoms with van der Waals surface area (Å²) in [4.78, 5) is 22.2. The van der Waals surface area contributed by atoms with Gasteiger partial charge in [-0.05, 0) is 24.5 Å². The van der Waals surface area contributed by atoms with Crippen molar-refractivity contribution in [3.05, 3.63) is 38.9 Å². The topological polar surface area (TPSA) is 92.5 Å². The fourth-order valence-corrected chi connectivity index (χ4v) is 1.94. The summed E-state index contributed by atoms with van der Waals surface area (Å²) in [7, 11) is 0. The van der Waals surface area contributed by atoms with Gasteiger partial charge in [0.1, 0.15) is 5.02 Å². The van der Waals surface area contributed by atoms with E-state index in [9.17, 15) is 14.9 Å². The van der Waals surface area contributed by atoms with E-state index >= 15 is 0 Å². The van der Waals surface area contributed by atoms with Crippen LogP contribution in [0.3, 0.4) is 0 Å². The summed E-state index contributed by atoms with van der Waals surface area (Å²) in [5.41, 5.74) is -0.132. The molecule has 0 spiro atoms. The molecule has 1 aromatic carbocycles. The van der Waals surface area contributed by atoms with Crippen LogP contribution in [-0.2, 0) is 0 Å². The Morgan fingerprint density at radius 1 is 1.50 bits per heavy atom. The molecule has 1 unspecified atom stereocenters. The van der Waals surface area contributed by atoms with E-state index in [1.807, 2.05) is 13.8 Å². The molecule has 7 heteroatoms. The number of rotatable bonds is 6. The zero-order valence-corrected chi connectivity index (χ0v) is 12.1. The minimum atomic E-state index is -0.632. The zero-order chi connectivity index (χ0) is 15.3. The number of nitrogens with one attached hydrogen (secondary N) is 1. The van der Waals surface area contributed by atoms with Gasteiger partial charge in [-0.25, -0.2) is 0 Å². The summed E-state index contributed by atoms with van der Waals surface area (Å²) in [6, 6.07) is 3.71. The van der Waals surface area contributed by atoms with Crippen molar-refractivity contribution in [2.75, 3.05) is 6.61 Å². The van der Waals surface area contributed by atoms with E-state index in [4.69, 9.17) is 16.7 Å². The van der Waals surface area contributed by atoms with Gasteiger partial charge in [0, 0.05) is 24.3 Å². The largest absolute Gasteiger partial charge is 0.396 e. The van der Waals surface area contributed by atoms with Crippen LogP contribution in [-0.4, -0.2) is 28.6 Å². The van der Waals surface area contributed by atoms with Gasteiger partial charge in [0.15, 0.2) is 0 Å². The van der Waals surface area contributed by atoms with Gasteiger partial charge in [0.05, 0.1) is 4.92 Å². The minimum absolute atomic E-state index is 0.0117. The molecule has 2 N–H and O–H groups in total. The Hall–Kier alpha value is -1.66. The van der Waals surface area contributed by atoms with E-state index in [1.165, 1.54) is 12.1 Å². The summed E-state index contributed by atoms with van der Waals surface area (Å²) < 4.78 is 0. The van der Waals surface area contributed by atoms with Gasteiger partial charge in [-0.1, -0.05) is 25.4 Å². The SMILES string of the molecule is CC(C)C(CCO)NC(=O)c1ccc(Cl)c([N+](=O)[O-])c1. The van der Waals surface area contributed by atoms with Gasteiger partial charge < -0.3 is 10.4 Å². The molecule has 6 nitrogen and oxygen atoms in total. The number of benzene rings is 1. The number of carbonyl (C=O) groups excluding carboxylic acids is 1. The molecule has 20 heavy (non-hydrogen) atoms. The molecule has 0 fully saturated rings. The number of nitro benzene ring substituents is 1. The molecule has 0 saturated carbocycles. The van der Waals surface area contributed by atoms with Gasteiger partial charge in [0.25, 0.3) is 11.6 Å². The van der Waals surface area contributed by atoms with Crippen molar-refractivity contribution in [2.45, 2.75) is 26.3 Å². The second-order valence-electron chi connectivity index (χ2n) is 4.76. The first-order valence-electron chi connectivity index (χ1n) is 6.22. The predicted octanol–water partition coefficient (Wildman–Crippen LogP) is 2.39. The van der Waals surface area contributed by atoms with Crippen LogP contribution in [0, 0.1) is 16.0 Å². The Balaban J connectivity index is 2.92. The van der Waals surface area contributed by atoms with Crippen LogP contribution in [0.2, 0.25) is 5.02 Å². The van der Waals surface area contributed by atoms with Gasteiger partial charge in [0.2, 0.25) is 0 Å². The Labute approximate surface area is 121 Å². The number of hydrogen-bond donors (Lipinski definition) is 2. The van der Waals surface area contributed by atoms with Crippen LogP contribution in [0.25, 0.3) is 0 Å². The number of aliphatic hydroxyl groups excluding tert-OH is 1. The van der Waals surface area contributed by atoms with Crippen LogP contribution in [0.15, 0.2) is 18.2 Å². The quantitative estimate of drug-likeness (QED) is 0.623. The second kappa shape index (κ2) is 7.21. The first-order chi connectivity index (χ1) is 9.36. The van der Waals surface area contributed by atoms with E-state index in [0.717, 1.165) is 6.07 Å². The van der Waals surface area contributed by atoms with Gasteiger partial charge >= 0.3 is 0 Å². The first kappa shape index (κ1) is 16.4. The number of amides is 1. The fourth-order valence-electron chi connectivity index (χ4n) is 1.76. The normalized spacial score (nSPS) is 12.2. The monoisotopic (exact) mass is 300 g/mol. The smallest absolute Gasteiger partial charge is 0.288 e. The molecule has 1 amide bonds. The Morgan fingerprint density at radius 2 is 2.15 bits per heavy atom.